The second-order valence-corrected chi connectivity index (χ2v) is 12.4. The summed E-state index contributed by atoms with van der Waals surface area (Å²) in [6.07, 6.45) is -1.72. The Bertz CT molecular complexity index is 1280. The van der Waals surface area contributed by atoms with Gasteiger partial charge in [-0.15, -0.1) is 0 Å². The summed E-state index contributed by atoms with van der Waals surface area (Å²) in [5.41, 5.74) is -2.67. The molecule has 1 N–H and O–H groups in total. The maximum atomic E-state index is 14.9. The number of carbonyl (C=O) groups is 2. The van der Waals surface area contributed by atoms with Crippen LogP contribution >= 0.6 is 11.6 Å². The predicted octanol–water partition coefficient (Wildman–Crippen LogP) is 7.01. The molecule has 3 unspecified atom stereocenters. The predicted molar refractivity (Wildman–Crippen MR) is 139 cm³/mol. The minimum absolute atomic E-state index is 0.0343. The van der Waals surface area contributed by atoms with E-state index in [2.05, 4.69) is 0 Å². The smallest absolute Gasteiger partial charge is 0.426 e. The molecule has 0 radical (unpaired) electrons. The van der Waals surface area contributed by atoms with E-state index in [1.54, 1.807) is 18.2 Å². The highest BCUT2D eigenvalue weighted by Gasteiger charge is 2.58. The number of aliphatic carboxylic acids is 1. The van der Waals surface area contributed by atoms with Gasteiger partial charge in [-0.05, 0) is 86.3 Å². The third-order valence-electron chi connectivity index (χ3n) is 9.59. The van der Waals surface area contributed by atoms with Gasteiger partial charge in [-0.1, -0.05) is 48.9 Å². The quantitative estimate of drug-likeness (QED) is 0.397. The minimum Gasteiger partial charge on any atom is -0.481 e. The standard InChI is InChI=1S/C30H32ClF4NO3/c1-27(11-9-19(10-12-27)25(37)38)26(39)36-14-13-29(17-18-3-6-22(31)7-4-18)23-8-5-21(15-20(23)16-24(29)36)28(2,32)30(33,34)35/h3-8,15,19,24H,9-14,16-17H2,1-2H3,(H,37,38)/t19-,24?,27-,28?,29?. The van der Waals surface area contributed by atoms with E-state index in [-0.39, 0.29) is 11.9 Å². The van der Waals surface area contributed by atoms with Gasteiger partial charge >= 0.3 is 12.1 Å². The third-order valence-corrected chi connectivity index (χ3v) is 9.84. The lowest BCUT2D eigenvalue weighted by molar-refractivity contribution is -0.228. The average molecular weight is 566 g/mol. The van der Waals surface area contributed by atoms with Gasteiger partial charge in [0, 0.05) is 28.4 Å². The normalized spacial score (nSPS) is 30.0. The van der Waals surface area contributed by atoms with E-state index in [0.717, 1.165) is 11.1 Å². The molecule has 3 atom stereocenters. The second-order valence-electron chi connectivity index (χ2n) is 12.0. The van der Waals surface area contributed by atoms with Gasteiger partial charge in [0.05, 0.1) is 5.92 Å². The number of alkyl halides is 4. The molecule has 1 heterocycles. The number of likely N-dealkylation sites (tertiary alicyclic amines) is 1. The van der Waals surface area contributed by atoms with E-state index >= 15 is 0 Å². The van der Waals surface area contributed by atoms with Crippen LogP contribution in [0.1, 0.15) is 68.2 Å². The van der Waals surface area contributed by atoms with Gasteiger partial charge in [0.25, 0.3) is 0 Å². The Morgan fingerprint density at radius 1 is 1.05 bits per heavy atom. The van der Waals surface area contributed by atoms with Crippen molar-refractivity contribution in [1.82, 2.24) is 4.90 Å². The number of carboxylic acids is 1. The van der Waals surface area contributed by atoms with Crippen LogP contribution < -0.4 is 0 Å². The molecule has 39 heavy (non-hydrogen) atoms. The largest absolute Gasteiger partial charge is 0.481 e. The van der Waals surface area contributed by atoms with Crippen molar-refractivity contribution in [3.8, 4) is 0 Å². The first-order valence-electron chi connectivity index (χ1n) is 13.4. The Balaban J connectivity index is 1.51. The van der Waals surface area contributed by atoms with E-state index in [1.165, 1.54) is 12.1 Å². The molecule has 0 spiro atoms. The summed E-state index contributed by atoms with van der Waals surface area (Å²) in [7, 11) is 0. The third kappa shape index (κ3) is 4.62. The minimum atomic E-state index is -5.05. The maximum absolute atomic E-state index is 14.9. The van der Waals surface area contributed by atoms with Crippen molar-refractivity contribution in [2.75, 3.05) is 6.54 Å². The highest BCUT2D eigenvalue weighted by Crippen LogP contribution is 2.54. The number of hydrogen-bond acceptors (Lipinski definition) is 2. The van der Waals surface area contributed by atoms with E-state index in [4.69, 9.17) is 11.6 Å². The second kappa shape index (κ2) is 9.50. The summed E-state index contributed by atoms with van der Waals surface area (Å²) in [4.78, 5) is 27.4. The molecule has 3 aliphatic rings. The van der Waals surface area contributed by atoms with Crippen molar-refractivity contribution < 1.29 is 32.3 Å². The molecule has 0 aromatic heterocycles. The van der Waals surface area contributed by atoms with Crippen LogP contribution in [0.25, 0.3) is 0 Å². The van der Waals surface area contributed by atoms with Crippen LogP contribution in [-0.4, -0.2) is 40.6 Å². The van der Waals surface area contributed by atoms with Crippen LogP contribution in [0, 0.1) is 11.3 Å². The molecule has 2 aromatic carbocycles. The Morgan fingerprint density at radius 3 is 2.28 bits per heavy atom. The highest BCUT2D eigenvalue weighted by molar-refractivity contribution is 6.30. The van der Waals surface area contributed by atoms with Gasteiger partial charge in [0.15, 0.2) is 0 Å². The molecular weight excluding hydrogens is 534 g/mol. The fourth-order valence-electron chi connectivity index (χ4n) is 7.05. The number of rotatable bonds is 5. The van der Waals surface area contributed by atoms with Crippen molar-refractivity contribution in [3.05, 3.63) is 69.7 Å². The zero-order chi connectivity index (χ0) is 28.4. The molecule has 9 heteroatoms. The number of nitrogens with zero attached hydrogens (tertiary/aromatic N) is 1. The summed E-state index contributed by atoms with van der Waals surface area (Å²) in [5, 5.41) is 9.99. The van der Waals surface area contributed by atoms with Crippen LogP contribution in [0.2, 0.25) is 5.02 Å². The molecule has 4 nitrogen and oxygen atoms in total. The number of fused-ring (bicyclic) bond motifs is 3. The van der Waals surface area contributed by atoms with Crippen LogP contribution in [0.5, 0.6) is 0 Å². The molecule has 2 aromatic rings. The molecule has 1 saturated carbocycles. The van der Waals surface area contributed by atoms with E-state index in [0.29, 0.717) is 69.0 Å². The van der Waals surface area contributed by atoms with Crippen LogP contribution in [0.4, 0.5) is 17.6 Å². The summed E-state index contributed by atoms with van der Waals surface area (Å²) in [6.45, 7) is 2.93. The van der Waals surface area contributed by atoms with Crippen molar-refractivity contribution in [3.63, 3.8) is 0 Å². The number of carbonyl (C=O) groups excluding carboxylic acids is 1. The fraction of sp³-hybridized carbons (Fsp3) is 0.533. The zero-order valence-electron chi connectivity index (χ0n) is 22.0. The molecule has 0 bridgehead atoms. The Morgan fingerprint density at radius 2 is 1.69 bits per heavy atom. The summed E-state index contributed by atoms with van der Waals surface area (Å²) >= 11 is 6.09. The highest BCUT2D eigenvalue weighted by atomic mass is 35.5. The monoisotopic (exact) mass is 565 g/mol. The molecule has 5 rings (SSSR count). The van der Waals surface area contributed by atoms with Gasteiger partial charge in [-0.3, -0.25) is 9.59 Å². The SMILES string of the molecule is CC(F)(c1ccc2c(c1)CC1N(C(=O)[C@]3(C)CC[C@@H](C(=O)O)CC3)CCC21Cc1ccc(Cl)cc1)C(F)(F)F. The first-order chi connectivity index (χ1) is 18.2. The van der Waals surface area contributed by atoms with E-state index in [1.807, 2.05) is 24.0 Å². The lowest BCUT2D eigenvalue weighted by atomic mass is 9.70. The molecule has 1 aliphatic heterocycles. The van der Waals surface area contributed by atoms with Crippen molar-refractivity contribution in [1.29, 1.82) is 0 Å². The van der Waals surface area contributed by atoms with Gasteiger partial charge in [-0.25, -0.2) is 4.39 Å². The Kier molecular flexibility index (Phi) is 6.80. The van der Waals surface area contributed by atoms with Gasteiger partial charge in [0.2, 0.25) is 11.6 Å². The number of halogens is 5. The molecule has 2 aliphatic carbocycles. The van der Waals surface area contributed by atoms with Crippen LogP contribution in [-0.2, 0) is 33.5 Å². The van der Waals surface area contributed by atoms with Crippen LogP contribution in [0.3, 0.4) is 0 Å². The zero-order valence-corrected chi connectivity index (χ0v) is 22.7. The lowest BCUT2D eigenvalue weighted by Gasteiger charge is -2.41. The topological polar surface area (TPSA) is 57.6 Å². The number of benzene rings is 2. The molecular formula is C30H32ClF4NO3. The summed E-state index contributed by atoms with van der Waals surface area (Å²) < 4.78 is 55.5. The Hall–Kier alpha value is -2.61. The van der Waals surface area contributed by atoms with Crippen LogP contribution in [0.15, 0.2) is 42.5 Å². The molecule has 2 fully saturated rings. The molecule has 210 valence electrons. The van der Waals surface area contributed by atoms with Crippen molar-refractivity contribution in [2.24, 2.45) is 11.3 Å². The molecule has 1 amide bonds. The van der Waals surface area contributed by atoms with Crippen molar-refractivity contribution in [2.45, 2.75) is 82.1 Å². The van der Waals surface area contributed by atoms with E-state index in [9.17, 15) is 32.3 Å². The summed E-state index contributed by atoms with van der Waals surface area (Å²) in [6, 6.07) is 11.3. The van der Waals surface area contributed by atoms with Gasteiger partial charge in [0.1, 0.15) is 0 Å². The molecule has 1 saturated heterocycles. The Labute approximate surface area is 230 Å². The number of hydrogen-bond donors (Lipinski definition) is 1. The van der Waals surface area contributed by atoms with Crippen molar-refractivity contribution >= 4 is 23.5 Å². The maximum Gasteiger partial charge on any atom is 0.426 e. The fourth-order valence-corrected chi connectivity index (χ4v) is 7.17. The number of carboxylic acid groups (broad SMARTS) is 1. The average Bonchev–Trinajstić information content (AvgIpc) is 3.37. The first-order valence-corrected chi connectivity index (χ1v) is 13.7. The van der Waals surface area contributed by atoms with Gasteiger partial charge < -0.3 is 10.0 Å². The van der Waals surface area contributed by atoms with Gasteiger partial charge in [-0.2, -0.15) is 13.2 Å². The lowest BCUT2D eigenvalue weighted by Crippen LogP contribution is -2.50. The van der Waals surface area contributed by atoms with E-state index < -0.39 is 40.1 Å². The first kappa shape index (κ1) is 27.9. The number of amides is 1. The summed E-state index contributed by atoms with van der Waals surface area (Å²) in [5.74, 6) is -1.33.